The molecule has 0 saturated carbocycles. The lowest BCUT2D eigenvalue weighted by Gasteiger charge is -2.27. The van der Waals surface area contributed by atoms with Crippen LogP contribution in [-0.4, -0.2) is 24.2 Å². The second kappa shape index (κ2) is 6.43. The third-order valence-corrected chi connectivity index (χ3v) is 3.46. The van der Waals surface area contributed by atoms with Crippen molar-refractivity contribution in [1.29, 1.82) is 0 Å². The molecule has 1 saturated heterocycles. The Morgan fingerprint density at radius 3 is 2.86 bits per heavy atom. The number of ether oxygens (including phenoxy) is 1. The summed E-state index contributed by atoms with van der Waals surface area (Å²) in [6, 6.07) is 10.6. The van der Waals surface area contributed by atoms with E-state index in [1.165, 1.54) is 12.0 Å². The summed E-state index contributed by atoms with van der Waals surface area (Å²) in [5.74, 6) is 7.07. The molecule has 1 aromatic heterocycles. The van der Waals surface area contributed by atoms with E-state index in [9.17, 15) is 0 Å². The van der Waals surface area contributed by atoms with Gasteiger partial charge in [-0.25, -0.2) is 0 Å². The van der Waals surface area contributed by atoms with Gasteiger partial charge in [0, 0.05) is 23.4 Å². The first-order valence-electron chi connectivity index (χ1n) is 7.19. The van der Waals surface area contributed by atoms with Crippen molar-refractivity contribution in [3.8, 4) is 17.6 Å². The Bertz CT molecular complexity index is 681. The van der Waals surface area contributed by atoms with Gasteiger partial charge in [0.1, 0.15) is 12.4 Å². The third-order valence-electron chi connectivity index (χ3n) is 3.46. The molecule has 2 aromatic rings. The summed E-state index contributed by atoms with van der Waals surface area (Å²) in [5.41, 5.74) is 3.10. The number of rotatable bonds is 3. The molecule has 21 heavy (non-hydrogen) atoms. The number of hydrogen-bond donors (Lipinski definition) is 1. The second-order valence-corrected chi connectivity index (χ2v) is 5.28. The maximum absolute atomic E-state index is 5.73. The van der Waals surface area contributed by atoms with Crippen LogP contribution in [0.4, 0.5) is 0 Å². The number of nitrogens with zero attached hydrogens (tertiary/aromatic N) is 1. The molecule has 1 N–H and O–H groups in total. The lowest BCUT2D eigenvalue weighted by atomic mass is 10.1. The van der Waals surface area contributed by atoms with Crippen molar-refractivity contribution in [2.24, 2.45) is 0 Å². The minimum Gasteiger partial charge on any atom is -0.490 e. The highest BCUT2D eigenvalue weighted by molar-refractivity contribution is 5.44. The Labute approximate surface area is 125 Å². The van der Waals surface area contributed by atoms with Crippen molar-refractivity contribution in [2.45, 2.75) is 19.4 Å². The van der Waals surface area contributed by atoms with Crippen molar-refractivity contribution in [1.82, 2.24) is 10.3 Å². The zero-order valence-corrected chi connectivity index (χ0v) is 12.1. The molecule has 0 spiro atoms. The zero-order valence-electron chi connectivity index (χ0n) is 12.1. The molecule has 0 aliphatic carbocycles. The van der Waals surface area contributed by atoms with Crippen LogP contribution in [0.15, 0.2) is 42.7 Å². The number of benzene rings is 1. The van der Waals surface area contributed by atoms with E-state index in [2.05, 4.69) is 41.2 Å². The fourth-order valence-electron chi connectivity index (χ4n) is 2.12. The molecule has 0 amide bonds. The van der Waals surface area contributed by atoms with E-state index in [4.69, 9.17) is 4.74 Å². The normalized spacial score (nSPS) is 16.5. The molecule has 0 bridgehead atoms. The predicted molar refractivity (Wildman–Crippen MR) is 83.3 cm³/mol. The Kier molecular flexibility index (Phi) is 4.18. The number of aromatic nitrogens is 1. The molecular weight excluding hydrogens is 260 g/mol. The number of pyridine rings is 1. The molecular formula is C18H18N2O. The standard InChI is InChI=1S/C18H18N2O/c1-14-3-2-4-15(9-14)5-6-16-10-18(12-19-11-16)21-13-17-7-8-20-17/h2-4,9-12,17,20H,7-8,13H2,1H3. The van der Waals surface area contributed by atoms with Gasteiger partial charge in [0.2, 0.25) is 0 Å². The van der Waals surface area contributed by atoms with E-state index in [-0.39, 0.29) is 0 Å². The lowest BCUT2D eigenvalue weighted by Crippen LogP contribution is -2.46. The monoisotopic (exact) mass is 278 g/mol. The average molecular weight is 278 g/mol. The Morgan fingerprint density at radius 1 is 1.24 bits per heavy atom. The maximum Gasteiger partial charge on any atom is 0.138 e. The van der Waals surface area contributed by atoms with E-state index in [1.807, 2.05) is 18.2 Å². The quantitative estimate of drug-likeness (QED) is 0.876. The fraction of sp³-hybridized carbons (Fsp3) is 0.278. The van der Waals surface area contributed by atoms with Crippen molar-refractivity contribution >= 4 is 0 Å². The molecule has 1 atom stereocenters. The molecule has 2 heterocycles. The van der Waals surface area contributed by atoms with Gasteiger partial charge in [-0.15, -0.1) is 0 Å². The topological polar surface area (TPSA) is 34.1 Å². The Morgan fingerprint density at radius 2 is 2.10 bits per heavy atom. The van der Waals surface area contributed by atoms with Crippen molar-refractivity contribution in [3.05, 3.63) is 59.4 Å². The van der Waals surface area contributed by atoms with E-state index >= 15 is 0 Å². The highest BCUT2D eigenvalue weighted by Gasteiger charge is 2.16. The van der Waals surface area contributed by atoms with Crippen molar-refractivity contribution in [3.63, 3.8) is 0 Å². The molecule has 1 aromatic carbocycles. The first-order valence-corrected chi connectivity index (χ1v) is 7.19. The van der Waals surface area contributed by atoms with Gasteiger partial charge in [-0.1, -0.05) is 24.0 Å². The van der Waals surface area contributed by atoms with Crippen LogP contribution in [0.25, 0.3) is 0 Å². The largest absolute Gasteiger partial charge is 0.490 e. The summed E-state index contributed by atoms with van der Waals surface area (Å²) >= 11 is 0. The molecule has 3 nitrogen and oxygen atoms in total. The van der Waals surface area contributed by atoms with Crippen molar-refractivity contribution in [2.75, 3.05) is 13.2 Å². The summed E-state index contributed by atoms with van der Waals surface area (Å²) in [6.07, 6.45) is 4.67. The summed E-state index contributed by atoms with van der Waals surface area (Å²) in [6.45, 7) is 3.85. The van der Waals surface area contributed by atoms with Gasteiger partial charge in [0.15, 0.2) is 0 Å². The number of hydrogen-bond acceptors (Lipinski definition) is 3. The van der Waals surface area contributed by atoms with Crippen LogP contribution in [0.3, 0.4) is 0 Å². The van der Waals surface area contributed by atoms with Crippen molar-refractivity contribution < 1.29 is 4.74 Å². The smallest absolute Gasteiger partial charge is 0.138 e. The fourth-order valence-corrected chi connectivity index (χ4v) is 2.12. The maximum atomic E-state index is 5.73. The van der Waals surface area contributed by atoms with E-state index in [0.717, 1.165) is 23.4 Å². The minimum atomic E-state index is 0.479. The lowest BCUT2D eigenvalue weighted by molar-refractivity contribution is 0.217. The Balaban J connectivity index is 1.68. The molecule has 3 heteroatoms. The first-order chi connectivity index (χ1) is 10.3. The van der Waals surface area contributed by atoms with Gasteiger partial charge in [-0.2, -0.15) is 0 Å². The van der Waals surface area contributed by atoms with E-state index < -0.39 is 0 Å². The van der Waals surface area contributed by atoms with Gasteiger partial charge < -0.3 is 10.1 Å². The predicted octanol–water partition coefficient (Wildman–Crippen LogP) is 2.53. The first kappa shape index (κ1) is 13.7. The van der Waals surface area contributed by atoms with Crippen LogP contribution in [-0.2, 0) is 0 Å². The SMILES string of the molecule is Cc1cccc(C#Cc2cncc(OCC3CCN3)c2)c1. The second-order valence-electron chi connectivity index (χ2n) is 5.28. The molecule has 106 valence electrons. The van der Waals surface area contributed by atoms with Crippen LogP contribution in [0.2, 0.25) is 0 Å². The highest BCUT2D eigenvalue weighted by atomic mass is 16.5. The molecule has 1 aliphatic heterocycles. The number of nitrogens with one attached hydrogen (secondary N) is 1. The van der Waals surface area contributed by atoms with Gasteiger partial charge in [0.05, 0.1) is 6.20 Å². The third kappa shape index (κ3) is 3.84. The van der Waals surface area contributed by atoms with Crippen LogP contribution >= 0.6 is 0 Å². The van der Waals surface area contributed by atoms with Crippen LogP contribution in [0, 0.1) is 18.8 Å². The molecule has 1 fully saturated rings. The highest BCUT2D eigenvalue weighted by Crippen LogP contribution is 2.13. The molecule has 3 rings (SSSR count). The summed E-state index contributed by atoms with van der Waals surface area (Å²) in [4.78, 5) is 4.19. The van der Waals surface area contributed by atoms with Gasteiger partial charge >= 0.3 is 0 Å². The van der Waals surface area contributed by atoms with E-state index in [0.29, 0.717) is 12.6 Å². The molecule has 1 aliphatic rings. The summed E-state index contributed by atoms with van der Waals surface area (Å²) in [5, 5.41) is 3.31. The van der Waals surface area contributed by atoms with Gasteiger partial charge in [-0.05, 0) is 43.7 Å². The Hall–Kier alpha value is -2.31. The van der Waals surface area contributed by atoms with Crippen LogP contribution < -0.4 is 10.1 Å². The van der Waals surface area contributed by atoms with Gasteiger partial charge in [0.25, 0.3) is 0 Å². The minimum absolute atomic E-state index is 0.479. The molecule has 1 unspecified atom stereocenters. The van der Waals surface area contributed by atoms with Crippen LogP contribution in [0.1, 0.15) is 23.1 Å². The van der Waals surface area contributed by atoms with Crippen LogP contribution in [0.5, 0.6) is 5.75 Å². The summed E-state index contributed by atoms with van der Waals surface area (Å²) < 4.78 is 5.73. The van der Waals surface area contributed by atoms with Gasteiger partial charge in [-0.3, -0.25) is 4.98 Å². The zero-order chi connectivity index (χ0) is 14.5. The van der Waals surface area contributed by atoms with E-state index in [1.54, 1.807) is 12.4 Å². The number of aryl methyl sites for hydroxylation is 1. The summed E-state index contributed by atoms with van der Waals surface area (Å²) in [7, 11) is 0. The molecule has 0 radical (unpaired) electrons. The average Bonchev–Trinajstić information content (AvgIpc) is 2.44.